The van der Waals surface area contributed by atoms with Crippen LogP contribution in [0.1, 0.15) is 38.5 Å². The molecule has 5 heteroatoms. The Morgan fingerprint density at radius 2 is 1.60 bits per heavy atom. The zero-order valence-corrected chi connectivity index (χ0v) is 12.4. The molecule has 20 heavy (non-hydrogen) atoms. The Morgan fingerprint density at radius 1 is 0.950 bits per heavy atom. The SMILES string of the molecule is CN1CCN([C@H]2CC(=O)N(C3CCCCC3)C2=O)CC1. The molecule has 2 aliphatic heterocycles. The molecule has 0 aromatic carbocycles. The van der Waals surface area contributed by atoms with Gasteiger partial charge in [0.05, 0.1) is 12.5 Å². The van der Waals surface area contributed by atoms with Gasteiger partial charge in [-0.15, -0.1) is 0 Å². The van der Waals surface area contributed by atoms with Crippen LogP contribution in [0.25, 0.3) is 0 Å². The second-order valence-electron chi connectivity index (χ2n) is 6.45. The summed E-state index contributed by atoms with van der Waals surface area (Å²) in [6, 6.07) is -0.000610. The third kappa shape index (κ3) is 2.61. The summed E-state index contributed by atoms with van der Waals surface area (Å²) in [6.07, 6.45) is 5.97. The van der Waals surface area contributed by atoms with E-state index in [1.54, 1.807) is 4.90 Å². The fraction of sp³-hybridized carbons (Fsp3) is 0.867. The summed E-state index contributed by atoms with van der Waals surface area (Å²) in [5.41, 5.74) is 0. The van der Waals surface area contributed by atoms with Gasteiger partial charge >= 0.3 is 0 Å². The van der Waals surface area contributed by atoms with Crippen molar-refractivity contribution < 1.29 is 9.59 Å². The third-order valence-electron chi connectivity index (χ3n) is 5.08. The van der Waals surface area contributed by atoms with Gasteiger partial charge in [0.1, 0.15) is 0 Å². The fourth-order valence-corrected chi connectivity index (χ4v) is 3.78. The van der Waals surface area contributed by atoms with Crippen molar-refractivity contribution in [3.05, 3.63) is 0 Å². The molecule has 112 valence electrons. The maximum Gasteiger partial charge on any atom is 0.247 e. The second kappa shape index (κ2) is 5.82. The molecular formula is C15H25N3O2. The highest BCUT2D eigenvalue weighted by molar-refractivity contribution is 6.05. The fourth-order valence-electron chi connectivity index (χ4n) is 3.78. The lowest BCUT2D eigenvalue weighted by Crippen LogP contribution is -2.52. The summed E-state index contributed by atoms with van der Waals surface area (Å²) in [6.45, 7) is 3.78. The molecule has 0 unspecified atom stereocenters. The van der Waals surface area contributed by atoms with Gasteiger partial charge < -0.3 is 4.90 Å². The molecule has 1 aliphatic carbocycles. The van der Waals surface area contributed by atoms with Crippen molar-refractivity contribution >= 4 is 11.8 Å². The standard InChI is InChI=1S/C15H25N3O2/c1-16-7-9-17(10-8-16)13-11-14(19)18(15(13)20)12-5-3-2-4-6-12/h12-13H,2-11H2,1H3/t13-/m0/s1. The van der Waals surface area contributed by atoms with Crippen LogP contribution in [0.2, 0.25) is 0 Å². The normalized spacial score (nSPS) is 31.2. The minimum absolute atomic E-state index is 0.0610. The topological polar surface area (TPSA) is 43.9 Å². The number of imide groups is 1. The first kappa shape index (κ1) is 14.0. The summed E-state index contributed by atoms with van der Waals surface area (Å²) in [4.78, 5) is 31.0. The van der Waals surface area contributed by atoms with E-state index in [-0.39, 0.29) is 23.9 Å². The van der Waals surface area contributed by atoms with Gasteiger partial charge in [0, 0.05) is 32.2 Å². The Kier molecular flexibility index (Phi) is 4.08. The van der Waals surface area contributed by atoms with Crippen LogP contribution in [0, 0.1) is 0 Å². The number of hydrogen-bond acceptors (Lipinski definition) is 4. The van der Waals surface area contributed by atoms with E-state index >= 15 is 0 Å². The Bertz CT molecular complexity index is 385. The van der Waals surface area contributed by atoms with Crippen LogP contribution in [-0.2, 0) is 9.59 Å². The molecule has 3 aliphatic rings. The van der Waals surface area contributed by atoms with Crippen LogP contribution in [0.5, 0.6) is 0 Å². The molecule has 0 radical (unpaired) electrons. The van der Waals surface area contributed by atoms with E-state index < -0.39 is 0 Å². The first-order valence-electron chi connectivity index (χ1n) is 7.95. The van der Waals surface area contributed by atoms with Crippen molar-refractivity contribution in [1.82, 2.24) is 14.7 Å². The number of hydrogen-bond donors (Lipinski definition) is 0. The van der Waals surface area contributed by atoms with Gasteiger partial charge in [-0.25, -0.2) is 0 Å². The molecule has 2 saturated heterocycles. The Hall–Kier alpha value is -0.940. The van der Waals surface area contributed by atoms with Crippen LogP contribution in [0.15, 0.2) is 0 Å². The van der Waals surface area contributed by atoms with E-state index in [0.717, 1.165) is 51.9 Å². The highest BCUT2D eigenvalue weighted by Gasteiger charge is 2.45. The third-order valence-corrected chi connectivity index (χ3v) is 5.08. The van der Waals surface area contributed by atoms with Gasteiger partial charge in [-0.3, -0.25) is 19.4 Å². The molecule has 0 aromatic heterocycles. The number of rotatable bonds is 2. The minimum Gasteiger partial charge on any atom is -0.304 e. The van der Waals surface area contributed by atoms with Gasteiger partial charge in [-0.05, 0) is 19.9 Å². The van der Waals surface area contributed by atoms with E-state index in [9.17, 15) is 9.59 Å². The van der Waals surface area contributed by atoms with E-state index in [4.69, 9.17) is 0 Å². The van der Waals surface area contributed by atoms with Crippen molar-refractivity contribution in [2.24, 2.45) is 0 Å². The van der Waals surface area contributed by atoms with Crippen LogP contribution >= 0.6 is 0 Å². The van der Waals surface area contributed by atoms with Crippen LogP contribution in [0.4, 0.5) is 0 Å². The second-order valence-corrected chi connectivity index (χ2v) is 6.45. The van der Waals surface area contributed by atoms with Crippen LogP contribution < -0.4 is 0 Å². The van der Waals surface area contributed by atoms with Gasteiger partial charge in [0.2, 0.25) is 11.8 Å². The molecule has 2 amide bonds. The molecule has 0 spiro atoms. The molecule has 5 nitrogen and oxygen atoms in total. The quantitative estimate of drug-likeness (QED) is 0.698. The monoisotopic (exact) mass is 279 g/mol. The Balaban J connectivity index is 1.66. The van der Waals surface area contributed by atoms with E-state index in [1.807, 2.05) is 0 Å². The number of amides is 2. The highest BCUT2D eigenvalue weighted by Crippen LogP contribution is 2.29. The first-order chi connectivity index (χ1) is 9.66. The lowest BCUT2D eigenvalue weighted by Gasteiger charge is -2.36. The van der Waals surface area contributed by atoms with Gasteiger partial charge in [0.25, 0.3) is 0 Å². The number of piperazine rings is 1. The van der Waals surface area contributed by atoms with Crippen LogP contribution in [-0.4, -0.2) is 71.8 Å². The summed E-state index contributed by atoms with van der Waals surface area (Å²) in [5.74, 6) is 0.136. The average molecular weight is 279 g/mol. The summed E-state index contributed by atoms with van der Waals surface area (Å²) < 4.78 is 0. The number of carbonyl (C=O) groups excluding carboxylic acids is 2. The van der Waals surface area contributed by atoms with Gasteiger partial charge in [0.15, 0.2) is 0 Å². The molecule has 0 bridgehead atoms. The van der Waals surface area contributed by atoms with E-state index in [2.05, 4.69) is 16.8 Å². The average Bonchev–Trinajstić information content (AvgIpc) is 2.76. The van der Waals surface area contributed by atoms with Crippen LogP contribution in [0.3, 0.4) is 0 Å². The number of likely N-dealkylation sites (tertiary alicyclic amines) is 1. The summed E-state index contributed by atoms with van der Waals surface area (Å²) in [7, 11) is 2.10. The Morgan fingerprint density at radius 3 is 2.25 bits per heavy atom. The Labute approximate surface area is 120 Å². The lowest BCUT2D eigenvalue weighted by molar-refractivity contribution is -0.143. The van der Waals surface area contributed by atoms with Gasteiger partial charge in [-0.1, -0.05) is 19.3 Å². The van der Waals surface area contributed by atoms with Crippen molar-refractivity contribution in [2.75, 3.05) is 33.2 Å². The lowest BCUT2D eigenvalue weighted by atomic mass is 9.94. The molecule has 0 N–H and O–H groups in total. The van der Waals surface area contributed by atoms with Crippen molar-refractivity contribution in [2.45, 2.75) is 50.6 Å². The zero-order chi connectivity index (χ0) is 14.1. The summed E-state index contributed by atoms with van der Waals surface area (Å²) in [5, 5.41) is 0. The molecular weight excluding hydrogens is 254 g/mol. The molecule has 0 aromatic rings. The number of nitrogens with zero attached hydrogens (tertiary/aromatic N) is 3. The van der Waals surface area contributed by atoms with Crippen molar-refractivity contribution in [1.29, 1.82) is 0 Å². The maximum absolute atomic E-state index is 12.6. The van der Waals surface area contributed by atoms with Gasteiger partial charge in [-0.2, -0.15) is 0 Å². The largest absolute Gasteiger partial charge is 0.304 e. The number of carbonyl (C=O) groups is 2. The van der Waals surface area contributed by atoms with Crippen molar-refractivity contribution in [3.8, 4) is 0 Å². The smallest absolute Gasteiger partial charge is 0.247 e. The molecule has 1 saturated carbocycles. The minimum atomic E-state index is -0.182. The van der Waals surface area contributed by atoms with E-state index in [0.29, 0.717) is 6.42 Å². The van der Waals surface area contributed by atoms with Crippen molar-refractivity contribution in [3.63, 3.8) is 0 Å². The van der Waals surface area contributed by atoms with E-state index in [1.165, 1.54) is 6.42 Å². The summed E-state index contributed by atoms with van der Waals surface area (Å²) >= 11 is 0. The first-order valence-corrected chi connectivity index (χ1v) is 7.95. The molecule has 3 fully saturated rings. The molecule has 3 rings (SSSR count). The predicted molar refractivity (Wildman–Crippen MR) is 76.2 cm³/mol. The molecule has 1 atom stereocenters. The number of likely N-dealkylation sites (N-methyl/N-ethyl adjacent to an activating group) is 1. The maximum atomic E-state index is 12.6. The zero-order valence-electron chi connectivity index (χ0n) is 12.4. The highest BCUT2D eigenvalue weighted by atomic mass is 16.2. The predicted octanol–water partition coefficient (Wildman–Crippen LogP) is 0.694. The molecule has 2 heterocycles.